The van der Waals surface area contributed by atoms with Gasteiger partial charge in [0.25, 0.3) is 0 Å². The smallest absolute Gasteiger partial charge is 0.203 e. The molecular weight excluding hydrogens is 208 g/mol. The van der Waals surface area contributed by atoms with Gasteiger partial charge in [-0.2, -0.15) is 0 Å². The van der Waals surface area contributed by atoms with Gasteiger partial charge in [0.2, 0.25) is 5.75 Å². The van der Waals surface area contributed by atoms with Gasteiger partial charge in [-0.25, -0.2) is 0 Å². The van der Waals surface area contributed by atoms with Gasteiger partial charge in [0.15, 0.2) is 11.5 Å². The van der Waals surface area contributed by atoms with Crippen molar-refractivity contribution in [3.05, 3.63) is 24.6 Å². The molecule has 1 rings (SSSR count). The van der Waals surface area contributed by atoms with Crippen molar-refractivity contribution in [3.63, 3.8) is 0 Å². The van der Waals surface area contributed by atoms with E-state index in [0.29, 0.717) is 17.2 Å². The molecule has 0 saturated carbocycles. The fraction of sp³-hybridized carbons (Fsp3) is 0.333. The zero-order valence-electron chi connectivity index (χ0n) is 9.65. The van der Waals surface area contributed by atoms with Crippen molar-refractivity contribution in [3.8, 4) is 17.2 Å². The largest absolute Gasteiger partial charge is 0.493 e. The molecule has 1 aromatic rings. The van der Waals surface area contributed by atoms with Crippen molar-refractivity contribution in [1.82, 2.24) is 0 Å². The molecule has 0 amide bonds. The maximum atomic E-state index is 10.7. The molecule has 0 aliphatic heterocycles. The lowest BCUT2D eigenvalue weighted by molar-refractivity contribution is -0.108. The fourth-order valence-corrected chi connectivity index (χ4v) is 1.39. The molecule has 0 spiro atoms. The van der Waals surface area contributed by atoms with Crippen molar-refractivity contribution in [2.45, 2.75) is 5.92 Å². The van der Waals surface area contributed by atoms with Crippen LogP contribution in [0.3, 0.4) is 0 Å². The van der Waals surface area contributed by atoms with Crippen LogP contribution in [0.15, 0.2) is 12.1 Å². The topological polar surface area (TPSA) is 44.8 Å². The molecule has 0 aliphatic carbocycles. The Kier molecular flexibility index (Phi) is 4.17. The number of ether oxygens (including phenoxy) is 3. The average molecular weight is 223 g/mol. The second-order valence-corrected chi connectivity index (χ2v) is 3.20. The van der Waals surface area contributed by atoms with Crippen molar-refractivity contribution in [2.75, 3.05) is 21.3 Å². The lowest BCUT2D eigenvalue weighted by Crippen LogP contribution is -2.00. The Balaban J connectivity index is 3.30. The highest BCUT2D eigenvalue weighted by Crippen LogP contribution is 2.39. The summed E-state index contributed by atoms with van der Waals surface area (Å²) in [6, 6.07) is 3.43. The van der Waals surface area contributed by atoms with Crippen LogP contribution in [0, 0.1) is 6.92 Å². The Labute approximate surface area is 95.1 Å². The Bertz CT molecular complexity index is 348. The molecule has 4 heteroatoms. The Morgan fingerprint density at radius 3 is 1.94 bits per heavy atom. The zero-order valence-corrected chi connectivity index (χ0v) is 9.65. The first-order valence-electron chi connectivity index (χ1n) is 4.76. The van der Waals surface area contributed by atoms with Gasteiger partial charge in [-0.1, -0.05) is 0 Å². The molecular formula is C12H15O4. The number of benzene rings is 1. The highest BCUT2D eigenvalue weighted by Gasteiger charge is 2.15. The van der Waals surface area contributed by atoms with Gasteiger partial charge in [-0.15, -0.1) is 0 Å². The van der Waals surface area contributed by atoms with Crippen molar-refractivity contribution >= 4 is 6.29 Å². The zero-order chi connectivity index (χ0) is 12.1. The summed E-state index contributed by atoms with van der Waals surface area (Å²) >= 11 is 0. The lowest BCUT2D eigenvalue weighted by atomic mass is 10.0. The minimum absolute atomic E-state index is 0.450. The van der Waals surface area contributed by atoms with E-state index in [2.05, 4.69) is 6.92 Å². The summed E-state index contributed by atoms with van der Waals surface area (Å²) in [4.78, 5) is 10.7. The number of aldehydes is 1. The van der Waals surface area contributed by atoms with E-state index in [0.717, 1.165) is 11.8 Å². The van der Waals surface area contributed by atoms with Crippen molar-refractivity contribution < 1.29 is 19.0 Å². The molecule has 0 N–H and O–H groups in total. The molecule has 1 unspecified atom stereocenters. The summed E-state index contributed by atoms with van der Waals surface area (Å²) in [5.41, 5.74) is 0.726. The van der Waals surface area contributed by atoms with Crippen LogP contribution in [-0.2, 0) is 4.79 Å². The number of methoxy groups -OCH3 is 3. The minimum atomic E-state index is -0.450. The van der Waals surface area contributed by atoms with E-state index in [4.69, 9.17) is 14.2 Å². The van der Waals surface area contributed by atoms with Gasteiger partial charge in [0.1, 0.15) is 6.29 Å². The van der Waals surface area contributed by atoms with Crippen LogP contribution in [0.1, 0.15) is 11.5 Å². The quantitative estimate of drug-likeness (QED) is 0.714. The maximum Gasteiger partial charge on any atom is 0.203 e. The van der Waals surface area contributed by atoms with Gasteiger partial charge >= 0.3 is 0 Å². The molecule has 1 aromatic carbocycles. The van der Waals surface area contributed by atoms with Gasteiger partial charge in [-0.05, 0) is 24.6 Å². The van der Waals surface area contributed by atoms with Crippen LogP contribution < -0.4 is 14.2 Å². The monoisotopic (exact) mass is 223 g/mol. The Hall–Kier alpha value is -1.71. The summed E-state index contributed by atoms with van der Waals surface area (Å²) in [6.45, 7) is 3.71. The molecule has 4 nitrogen and oxygen atoms in total. The van der Waals surface area contributed by atoms with E-state index >= 15 is 0 Å². The van der Waals surface area contributed by atoms with Crippen molar-refractivity contribution in [2.24, 2.45) is 0 Å². The molecule has 87 valence electrons. The molecule has 0 fully saturated rings. The molecule has 0 saturated heterocycles. The van der Waals surface area contributed by atoms with Gasteiger partial charge in [0, 0.05) is 5.92 Å². The van der Waals surface area contributed by atoms with E-state index < -0.39 is 5.92 Å². The van der Waals surface area contributed by atoms with E-state index in [-0.39, 0.29) is 0 Å². The van der Waals surface area contributed by atoms with Crippen LogP contribution in [0.25, 0.3) is 0 Å². The molecule has 16 heavy (non-hydrogen) atoms. The summed E-state index contributed by atoms with van der Waals surface area (Å²) < 4.78 is 15.5. The summed E-state index contributed by atoms with van der Waals surface area (Å²) in [6.07, 6.45) is 0.765. The predicted molar refractivity (Wildman–Crippen MR) is 60.3 cm³/mol. The molecule has 0 aliphatic rings. The summed E-state index contributed by atoms with van der Waals surface area (Å²) in [5, 5.41) is 0. The second-order valence-electron chi connectivity index (χ2n) is 3.20. The Morgan fingerprint density at radius 2 is 1.62 bits per heavy atom. The third-order valence-electron chi connectivity index (χ3n) is 2.28. The predicted octanol–water partition coefficient (Wildman–Crippen LogP) is 1.83. The Morgan fingerprint density at radius 1 is 1.12 bits per heavy atom. The highest BCUT2D eigenvalue weighted by molar-refractivity contribution is 5.66. The van der Waals surface area contributed by atoms with Crippen molar-refractivity contribution in [1.29, 1.82) is 0 Å². The van der Waals surface area contributed by atoms with Crippen LogP contribution in [0.5, 0.6) is 17.2 Å². The van der Waals surface area contributed by atoms with Crippen LogP contribution in [-0.4, -0.2) is 27.6 Å². The first kappa shape index (κ1) is 12.4. The van der Waals surface area contributed by atoms with Gasteiger partial charge in [0.05, 0.1) is 21.3 Å². The molecule has 0 bridgehead atoms. The number of hydrogen-bond donors (Lipinski definition) is 0. The normalized spacial score (nSPS) is 11.8. The number of rotatable bonds is 5. The summed E-state index contributed by atoms with van der Waals surface area (Å²) in [7, 11) is 4.58. The van der Waals surface area contributed by atoms with E-state index in [1.54, 1.807) is 12.1 Å². The third kappa shape index (κ3) is 2.27. The molecule has 0 aromatic heterocycles. The first-order valence-corrected chi connectivity index (χ1v) is 4.76. The summed E-state index contributed by atoms with van der Waals surface area (Å²) in [5.74, 6) is 1.10. The van der Waals surface area contributed by atoms with Gasteiger partial charge in [-0.3, -0.25) is 0 Å². The molecule has 1 atom stereocenters. The number of carbonyl (C=O) groups excluding carboxylic acids is 1. The second kappa shape index (κ2) is 5.39. The third-order valence-corrected chi connectivity index (χ3v) is 2.28. The maximum absolute atomic E-state index is 10.7. The standard InChI is InChI=1S/C12H15O4/c1-8(7-13)9-5-10(14-2)12(16-4)11(6-9)15-3/h5-8H,1H2,2-4H3. The van der Waals surface area contributed by atoms with Crippen LogP contribution in [0.2, 0.25) is 0 Å². The number of hydrogen-bond acceptors (Lipinski definition) is 4. The van der Waals surface area contributed by atoms with Gasteiger partial charge < -0.3 is 19.0 Å². The van der Waals surface area contributed by atoms with E-state index in [9.17, 15) is 4.79 Å². The minimum Gasteiger partial charge on any atom is -0.493 e. The molecule has 1 radical (unpaired) electrons. The lowest BCUT2D eigenvalue weighted by Gasteiger charge is -2.15. The highest BCUT2D eigenvalue weighted by atomic mass is 16.5. The fourth-order valence-electron chi connectivity index (χ4n) is 1.39. The van der Waals surface area contributed by atoms with Crippen LogP contribution >= 0.6 is 0 Å². The SMILES string of the molecule is [CH2]C(C=O)c1cc(OC)c(OC)c(OC)c1. The first-order chi connectivity index (χ1) is 7.67. The van der Waals surface area contributed by atoms with Crippen LogP contribution in [0.4, 0.5) is 0 Å². The van der Waals surface area contributed by atoms with E-state index in [1.165, 1.54) is 21.3 Å². The van der Waals surface area contributed by atoms with E-state index in [1.807, 2.05) is 0 Å². The average Bonchev–Trinajstić information content (AvgIpc) is 2.35. The number of carbonyl (C=O) groups is 1. The molecule has 0 heterocycles.